The van der Waals surface area contributed by atoms with Crippen LogP contribution in [0, 0.1) is 0 Å². The van der Waals surface area contributed by atoms with Crippen molar-refractivity contribution in [3.8, 4) is 11.5 Å². The summed E-state index contributed by atoms with van der Waals surface area (Å²) in [6, 6.07) is 9.70. The van der Waals surface area contributed by atoms with Crippen LogP contribution in [0.15, 0.2) is 24.3 Å². The van der Waals surface area contributed by atoms with Gasteiger partial charge in [0, 0.05) is 0 Å². The molecule has 3 heteroatoms. The van der Waals surface area contributed by atoms with E-state index in [0.29, 0.717) is 0 Å². The van der Waals surface area contributed by atoms with Gasteiger partial charge in [-0.3, -0.25) is 0 Å². The van der Waals surface area contributed by atoms with Crippen LogP contribution in [0.5, 0.6) is 11.5 Å². The second-order valence-electron chi connectivity index (χ2n) is 21.9. The van der Waals surface area contributed by atoms with Gasteiger partial charge in [-0.2, -0.15) is 0 Å². The number of benzene rings is 2. The van der Waals surface area contributed by atoms with Gasteiger partial charge < -0.3 is 9.05 Å². The Labute approximate surface area is 435 Å². The predicted octanol–water partition coefficient (Wildman–Crippen LogP) is 23.4. The molecule has 0 saturated carbocycles. The molecule has 2 rings (SSSR count). The van der Waals surface area contributed by atoms with E-state index in [1.54, 1.807) is 22.3 Å². The first kappa shape index (κ1) is 63.6. The molecule has 0 radical (unpaired) electrons. The van der Waals surface area contributed by atoms with Crippen molar-refractivity contribution in [1.29, 1.82) is 0 Å². The molecule has 0 aliphatic carbocycles. The summed E-state index contributed by atoms with van der Waals surface area (Å²) in [5, 5.41) is 0. The molecular weight excluding hydrogens is 856 g/mol. The van der Waals surface area contributed by atoms with E-state index in [1.807, 2.05) is 0 Å². The highest BCUT2D eigenvalue weighted by molar-refractivity contribution is 7.27. The van der Waals surface area contributed by atoms with Crippen molar-refractivity contribution in [2.75, 3.05) is 0 Å². The molecule has 0 fully saturated rings. The largest absolute Gasteiger partial charge is 0.440 e. The number of rotatable bonds is 52. The van der Waals surface area contributed by atoms with Gasteiger partial charge in [0.05, 0.1) is 0 Å². The van der Waals surface area contributed by atoms with Crippen molar-refractivity contribution in [2.45, 2.75) is 350 Å². The van der Waals surface area contributed by atoms with Crippen LogP contribution in [-0.2, 0) is 38.5 Å². The van der Waals surface area contributed by atoms with Crippen molar-refractivity contribution < 1.29 is 9.05 Å². The summed E-state index contributed by atoms with van der Waals surface area (Å²) in [5.74, 6) is 2.24. The van der Waals surface area contributed by atoms with Gasteiger partial charge in [0.15, 0.2) is 0 Å². The third kappa shape index (κ3) is 32.3. The average molecular weight is 976 g/mol. The molecule has 0 saturated heterocycles. The van der Waals surface area contributed by atoms with Gasteiger partial charge in [-0.05, 0) is 123 Å². The van der Waals surface area contributed by atoms with Crippen LogP contribution < -0.4 is 9.05 Å². The molecule has 0 amide bonds. The molecule has 0 unspecified atom stereocenters. The first-order chi connectivity index (χ1) is 34.1. The zero-order chi connectivity index (χ0) is 49.5. The maximum Gasteiger partial charge on any atom is 0.275 e. The molecule has 400 valence electrons. The number of unbranched alkanes of at least 4 members (excludes halogenated alkanes) is 36. The van der Waals surface area contributed by atoms with Gasteiger partial charge in [-0.15, -0.1) is 0 Å². The highest BCUT2D eigenvalue weighted by Gasteiger charge is 2.18. The van der Waals surface area contributed by atoms with Crippen molar-refractivity contribution >= 4 is 9.03 Å². The van der Waals surface area contributed by atoms with E-state index in [9.17, 15) is 0 Å². The van der Waals surface area contributed by atoms with Gasteiger partial charge in [0.1, 0.15) is 11.5 Å². The molecular formula is C66H119O2P. The Hall–Kier alpha value is -1.53. The highest BCUT2D eigenvalue weighted by atomic mass is 31.1. The minimum Gasteiger partial charge on any atom is -0.440 e. The van der Waals surface area contributed by atoms with E-state index in [2.05, 4.69) is 65.8 Å². The van der Waals surface area contributed by atoms with E-state index in [1.165, 1.54) is 306 Å². The Morgan fingerprint density at radius 3 is 0.681 bits per heavy atom. The Kier molecular flexibility index (Phi) is 43.7. The van der Waals surface area contributed by atoms with E-state index >= 15 is 0 Å². The molecule has 2 aromatic rings. The molecule has 2 aromatic carbocycles. The van der Waals surface area contributed by atoms with E-state index < -0.39 is 0 Å². The van der Waals surface area contributed by atoms with E-state index in [4.69, 9.17) is 9.05 Å². The number of hydrogen-bond donors (Lipinski definition) is 0. The van der Waals surface area contributed by atoms with Crippen LogP contribution >= 0.6 is 9.03 Å². The van der Waals surface area contributed by atoms with Crippen molar-refractivity contribution in [1.82, 2.24) is 0 Å². The van der Waals surface area contributed by atoms with E-state index in [0.717, 1.165) is 24.3 Å². The van der Waals surface area contributed by atoms with Crippen LogP contribution in [0.3, 0.4) is 0 Å². The quantitative estimate of drug-likeness (QED) is 0.0486. The smallest absolute Gasteiger partial charge is 0.275 e. The summed E-state index contributed by atoms with van der Waals surface area (Å²) in [7, 11) is -0.0190. The third-order valence-electron chi connectivity index (χ3n) is 15.5. The molecule has 69 heavy (non-hydrogen) atoms. The Morgan fingerprint density at radius 2 is 0.435 bits per heavy atom. The zero-order valence-electron chi connectivity index (χ0n) is 47.6. The van der Waals surface area contributed by atoms with Crippen LogP contribution in [0.1, 0.15) is 345 Å². The summed E-state index contributed by atoms with van der Waals surface area (Å²) in [5.41, 5.74) is 9.58. The first-order valence-corrected chi connectivity index (χ1v) is 32.3. The summed E-state index contributed by atoms with van der Waals surface area (Å²) < 4.78 is 14.0. The Balaban J connectivity index is 2.43. The fourth-order valence-electron chi connectivity index (χ4n) is 11.0. The lowest BCUT2D eigenvalue weighted by Crippen LogP contribution is -2.06. The minimum absolute atomic E-state index is 0.0190. The maximum atomic E-state index is 6.98. The van der Waals surface area contributed by atoms with Gasteiger partial charge >= 0.3 is 0 Å². The highest BCUT2D eigenvalue weighted by Crippen LogP contribution is 2.38. The Bertz CT molecular complexity index is 1310. The summed E-state index contributed by atoms with van der Waals surface area (Å²) in [6.45, 7) is 14.0. The average Bonchev–Trinajstić information content (AvgIpc) is 3.36. The first-order valence-electron chi connectivity index (χ1n) is 31.5. The fourth-order valence-corrected chi connectivity index (χ4v) is 11.6. The van der Waals surface area contributed by atoms with Gasteiger partial charge in [-0.25, -0.2) is 0 Å². The van der Waals surface area contributed by atoms with Crippen LogP contribution in [0.2, 0.25) is 0 Å². The van der Waals surface area contributed by atoms with E-state index in [-0.39, 0.29) is 9.03 Å². The van der Waals surface area contributed by atoms with Gasteiger partial charge in [-0.1, -0.05) is 285 Å². The topological polar surface area (TPSA) is 18.5 Å². The Morgan fingerprint density at radius 1 is 0.232 bits per heavy atom. The third-order valence-corrected chi connectivity index (χ3v) is 16.1. The second kappa shape index (κ2) is 47.5. The molecule has 2 nitrogen and oxygen atoms in total. The normalized spacial score (nSPS) is 11.6. The molecule has 0 atom stereocenters. The summed E-state index contributed by atoms with van der Waals surface area (Å²) in [6.07, 6.45) is 64.3. The lowest BCUT2D eigenvalue weighted by molar-refractivity contribution is 0.500. The van der Waals surface area contributed by atoms with Crippen molar-refractivity contribution in [3.05, 3.63) is 57.6 Å². The second-order valence-corrected chi connectivity index (χ2v) is 22.5. The molecule has 0 spiro atoms. The molecule has 0 aliphatic heterocycles. The maximum absolute atomic E-state index is 6.98. The molecule has 0 heterocycles. The molecule has 0 bridgehead atoms. The lowest BCUT2D eigenvalue weighted by atomic mass is 9.89. The van der Waals surface area contributed by atoms with Gasteiger partial charge in [0.2, 0.25) is 0 Å². The fraction of sp³-hybridized carbons (Fsp3) is 0.818. The summed E-state index contributed by atoms with van der Waals surface area (Å²) in [4.78, 5) is 0. The van der Waals surface area contributed by atoms with Crippen LogP contribution in [-0.4, -0.2) is 0 Å². The number of hydrogen-bond acceptors (Lipinski definition) is 2. The van der Waals surface area contributed by atoms with Gasteiger partial charge in [0.25, 0.3) is 9.03 Å². The minimum atomic E-state index is -0.0190. The lowest BCUT2D eigenvalue weighted by Gasteiger charge is -2.22. The van der Waals surface area contributed by atoms with Crippen molar-refractivity contribution in [2.24, 2.45) is 0 Å². The monoisotopic (exact) mass is 975 g/mol. The van der Waals surface area contributed by atoms with Crippen molar-refractivity contribution in [3.63, 3.8) is 0 Å². The van der Waals surface area contributed by atoms with Crippen LogP contribution in [0.25, 0.3) is 0 Å². The zero-order valence-corrected chi connectivity index (χ0v) is 48.6. The summed E-state index contributed by atoms with van der Waals surface area (Å²) >= 11 is 0. The SMILES string of the molecule is CCCCCCCCCc1ccc(OPOc2ccc(CCCCCCCCC)c(CCCCCCCCC)c2CCCCCCCCC)c(CCCCCCCCC)c1CCCCCCCCC. The molecule has 0 N–H and O–H groups in total. The standard InChI is InChI=1S/C66H119O2P/c1-7-13-19-25-31-37-43-49-59-55-57-65(63(53-47-41-35-29-23-17-11-5)61(59)51-45-39-33-27-21-15-9-3)67-69-68-66-58-56-60(50-44-38-32-26-20-14-8-2)62(52-46-40-34-28-22-16-10-4)64(66)54-48-42-36-30-24-18-12-6/h55-58,69H,7-54H2,1-6H3. The molecule has 0 aliphatic rings. The van der Waals surface area contributed by atoms with Crippen LogP contribution in [0.4, 0.5) is 0 Å². The number of aryl methyl sites for hydroxylation is 2. The molecule has 0 aromatic heterocycles. The predicted molar refractivity (Wildman–Crippen MR) is 313 cm³/mol.